The summed E-state index contributed by atoms with van der Waals surface area (Å²) < 4.78 is 4.69. The maximum Gasteiger partial charge on any atom is 0.328 e. The van der Waals surface area contributed by atoms with Crippen molar-refractivity contribution in [1.82, 2.24) is 9.97 Å². The molecule has 1 rings (SSSR count). The van der Waals surface area contributed by atoms with Crippen molar-refractivity contribution in [3.05, 3.63) is 22.5 Å². The average molecular weight is 242 g/mol. The van der Waals surface area contributed by atoms with Crippen LogP contribution in [-0.4, -0.2) is 45.7 Å². The number of aromatic nitrogens is 2. The standard InChI is InChI=1S/C8H10N4O5/c1-17-4-6(7(13)14)11-8-9-2-5(3-10-8)12(15)16/h2-3,6H,4H2,1H3,(H,13,14)(H,9,10,11). The van der Waals surface area contributed by atoms with Crippen molar-refractivity contribution in [3.63, 3.8) is 0 Å². The number of anilines is 1. The number of hydrogen-bond acceptors (Lipinski definition) is 7. The summed E-state index contributed by atoms with van der Waals surface area (Å²) in [5.74, 6) is -1.14. The first kappa shape index (κ1) is 12.8. The lowest BCUT2D eigenvalue weighted by Crippen LogP contribution is -2.34. The molecule has 1 atom stereocenters. The number of methoxy groups -OCH3 is 1. The van der Waals surface area contributed by atoms with Crippen molar-refractivity contribution < 1.29 is 19.6 Å². The van der Waals surface area contributed by atoms with Crippen LogP contribution >= 0.6 is 0 Å². The number of carboxylic acid groups (broad SMARTS) is 1. The molecule has 0 saturated heterocycles. The van der Waals surface area contributed by atoms with E-state index in [0.29, 0.717) is 0 Å². The van der Waals surface area contributed by atoms with Gasteiger partial charge in [-0.15, -0.1) is 0 Å². The van der Waals surface area contributed by atoms with E-state index < -0.39 is 16.9 Å². The molecule has 9 nitrogen and oxygen atoms in total. The molecule has 17 heavy (non-hydrogen) atoms. The van der Waals surface area contributed by atoms with Crippen LogP contribution in [0.25, 0.3) is 0 Å². The summed E-state index contributed by atoms with van der Waals surface area (Å²) in [7, 11) is 1.36. The fourth-order valence-electron chi connectivity index (χ4n) is 0.987. The van der Waals surface area contributed by atoms with E-state index in [-0.39, 0.29) is 18.2 Å². The van der Waals surface area contributed by atoms with Gasteiger partial charge in [-0.2, -0.15) is 0 Å². The van der Waals surface area contributed by atoms with Crippen molar-refractivity contribution in [2.75, 3.05) is 19.0 Å². The zero-order valence-electron chi connectivity index (χ0n) is 8.86. The Morgan fingerprint density at radius 3 is 2.65 bits per heavy atom. The number of hydrogen-bond donors (Lipinski definition) is 2. The van der Waals surface area contributed by atoms with Crippen LogP contribution in [0.15, 0.2) is 12.4 Å². The van der Waals surface area contributed by atoms with Gasteiger partial charge in [-0.05, 0) is 0 Å². The van der Waals surface area contributed by atoms with Crippen LogP contribution in [0.4, 0.5) is 11.6 Å². The van der Waals surface area contributed by atoms with E-state index in [4.69, 9.17) is 9.84 Å². The highest BCUT2D eigenvalue weighted by Gasteiger charge is 2.18. The first-order valence-corrected chi connectivity index (χ1v) is 4.49. The van der Waals surface area contributed by atoms with Gasteiger partial charge in [-0.25, -0.2) is 14.8 Å². The lowest BCUT2D eigenvalue weighted by atomic mass is 10.3. The van der Waals surface area contributed by atoms with Crippen molar-refractivity contribution in [1.29, 1.82) is 0 Å². The third kappa shape index (κ3) is 3.65. The van der Waals surface area contributed by atoms with E-state index in [2.05, 4.69) is 15.3 Å². The fraction of sp³-hybridized carbons (Fsp3) is 0.375. The molecule has 2 N–H and O–H groups in total. The molecule has 1 unspecified atom stereocenters. The van der Waals surface area contributed by atoms with E-state index in [1.54, 1.807) is 0 Å². The van der Waals surface area contributed by atoms with E-state index in [1.807, 2.05) is 0 Å². The molecular weight excluding hydrogens is 232 g/mol. The van der Waals surface area contributed by atoms with Gasteiger partial charge in [-0.3, -0.25) is 10.1 Å². The van der Waals surface area contributed by atoms with Crippen LogP contribution in [0, 0.1) is 10.1 Å². The minimum atomic E-state index is -1.13. The minimum Gasteiger partial charge on any atom is -0.480 e. The molecule has 0 saturated carbocycles. The number of nitrogens with one attached hydrogen (secondary N) is 1. The van der Waals surface area contributed by atoms with Crippen LogP contribution in [0.5, 0.6) is 0 Å². The summed E-state index contributed by atoms with van der Waals surface area (Å²) in [6.45, 7) is -0.0737. The van der Waals surface area contributed by atoms with Gasteiger partial charge in [0.2, 0.25) is 5.95 Å². The van der Waals surface area contributed by atoms with Gasteiger partial charge >= 0.3 is 11.7 Å². The highest BCUT2D eigenvalue weighted by Crippen LogP contribution is 2.08. The number of nitrogens with zero attached hydrogens (tertiary/aromatic N) is 3. The molecule has 0 radical (unpaired) electrons. The van der Waals surface area contributed by atoms with Crippen molar-refractivity contribution in [2.45, 2.75) is 6.04 Å². The summed E-state index contributed by atoms with van der Waals surface area (Å²) >= 11 is 0. The number of carbonyl (C=O) groups is 1. The Morgan fingerprint density at radius 1 is 1.65 bits per heavy atom. The van der Waals surface area contributed by atoms with Gasteiger partial charge in [0.25, 0.3) is 0 Å². The Morgan fingerprint density at radius 2 is 2.24 bits per heavy atom. The number of carboxylic acids is 1. The monoisotopic (exact) mass is 242 g/mol. The Balaban J connectivity index is 2.73. The number of rotatable bonds is 6. The first-order chi connectivity index (χ1) is 8.04. The smallest absolute Gasteiger partial charge is 0.328 e. The fourth-order valence-corrected chi connectivity index (χ4v) is 0.987. The third-order valence-corrected chi connectivity index (χ3v) is 1.78. The van der Waals surface area contributed by atoms with E-state index in [9.17, 15) is 14.9 Å². The van der Waals surface area contributed by atoms with Crippen molar-refractivity contribution in [2.24, 2.45) is 0 Å². The molecule has 9 heteroatoms. The first-order valence-electron chi connectivity index (χ1n) is 4.49. The normalized spacial score (nSPS) is 11.8. The summed E-state index contributed by atoms with van der Waals surface area (Å²) in [5.41, 5.74) is -0.269. The Bertz CT molecular complexity index is 407. The van der Waals surface area contributed by atoms with Crippen LogP contribution in [0.1, 0.15) is 0 Å². The minimum absolute atomic E-state index is 0.0138. The molecule has 0 amide bonds. The zero-order valence-corrected chi connectivity index (χ0v) is 8.86. The topological polar surface area (TPSA) is 127 Å². The van der Waals surface area contributed by atoms with E-state index in [0.717, 1.165) is 12.4 Å². The molecule has 0 bridgehead atoms. The van der Waals surface area contributed by atoms with E-state index >= 15 is 0 Å². The molecule has 1 aromatic heterocycles. The molecular formula is C8H10N4O5. The highest BCUT2D eigenvalue weighted by molar-refractivity contribution is 5.76. The number of nitro groups is 1. The Kier molecular flexibility index (Phi) is 4.29. The molecule has 0 aliphatic heterocycles. The molecule has 92 valence electrons. The second kappa shape index (κ2) is 5.70. The van der Waals surface area contributed by atoms with Gasteiger partial charge < -0.3 is 15.2 Å². The van der Waals surface area contributed by atoms with Crippen molar-refractivity contribution >= 4 is 17.6 Å². The Hall–Kier alpha value is -2.29. The van der Waals surface area contributed by atoms with Crippen LogP contribution in [0.2, 0.25) is 0 Å². The molecule has 0 aliphatic carbocycles. The average Bonchev–Trinajstić information content (AvgIpc) is 2.29. The predicted molar refractivity (Wildman–Crippen MR) is 55.6 cm³/mol. The largest absolute Gasteiger partial charge is 0.480 e. The van der Waals surface area contributed by atoms with E-state index in [1.165, 1.54) is 7.11 Å². The van der Waals surface area contributed by atoms with Gasteiger partial charge in [0.05, 0.1) is 11.5 Å². The van der Waals surface area contributed by atoms with Crippen LogP contribution in [-0.2, 0) is 9.53 Å². The summed E-state index contributed by atoms with van der Waals surface area (Å²) in [6, 6.07) is -1.01. The van der Waals surface area contributed by atoms with Crippen LogP contribution in [0.3, 0.4) is 0 Å². The quantitative estimate of drug-likeness (QED) is 0.522. The van der Waals surface area contributed by atoms with Gasteiger partial charge in [0.15, 0.2) is 6.04 Å². The molecule has 0 aromatic carbocycles. The summed E-state index contributed by atoms with van der Waals surface area (Å²) in [4.78, 5) is 27.7. The maximum atomic E-state index is 10.8. The second-order valence-corrected chi connectivity index (χ2v) is 3.01. The Labute approximate surface area is 95.6 Å². The van der Waals surface area contributed by atoms with Gasteiger partial charge in [0.1, 0.15) is 12.4 Å². The zero-order chi connectivity index (χ0) is 12.8. The van der Waals surface area contributed by atoms with Gasteiger partial charge in [0, 0.05) is 7.11 Å². The SMILES string of the molecule is COCC(Nc1ncc([N+](=O)[O-])cn1)C(=O)O. The van der Waals surface area contributed by atoms with Crippen LogP contribution < -0.4 is 5.32 Å². The predicted octanol–water partition coefficient (Wildman–Crippen LogP) is -0.104. The maximum absolute atomic E-state index is 10.8. The number of ether oxygens (including phenoxy) is 1. The molecule has 0 aliphatic rings. The number of aliphatic carboxylic acids is 1. The van der Waals surface area contributed by atoms with Gasteiger partial charge in [-0.1, -0.05) is 0 Å². The third-order valence-electron chi connectivity index (χ3n) is 1.78. The molecule has 1 heterocycles. The van der Waals surface area contributed by atoms with Crippen molar-refractivity contribution in [3.8, 4) is 0 Å². The second-order valence-electron chi connectivity index (χ2n) is 3.01. The summed E-state index contributed by atoms with van der Waals surface area (Å²) in [6.07, 6.45) is 1.97. The molecule has 0 spiro atoms. The molecule has 1 aromatic rings. The lowest BCUT2D eigenvalue weighted by Gasteiger charge is -2.12. The molecule has 0 fully saturated rings. The highest BCUT2D eigenvalue weighted by atomic mass is 16.6. The lowest BCUT2D eigenvalue weighted by molar-refractivity contribution is -0.385. The summed E-state index contributed by atoms with van der Waals surface area (Å²) in [5, 5.41) is 21.6.